The van der Waals surface area contributed by atoms with Crippen molar-refractivity contribution in [3.05, 3.63) is 39.7 Å². The molecule has 3 aromatic heterocycles. The summed E-state index contributed by atoms with van der Waals surface area (Å²) in [5.41, 5.74) is 5.37. The molecule has 0 saturated heterocycles. The number of nitrogens with two attached hydrogens (primary N) is 1. The second-order valence-electron chi connectivity index (χ2n) is 5.92. The maximum atomic E-state index is 13.0. The molecular formula is C16H14F3N5O2S. The van der Waals surface area contributed by atoms with Gasteiger partial charge in [0.15, 0.2) is 0 Å². The predicted molar refractivity (Wildman–Crippen MR) is 93.8 cm³/mol. The van der Waals surface area contributed by atoms with Crippen LogP contribution in [0.4, 0.5) is 18.9 Å². The number of alkyl halides is 3. The number of amides is 2. The van der Waals surface area contributed by atoms with Crippen LogP contribution in [0.15, 0.2) is 12.1 Å². The second kappa shape index (κ2) is 6.34. The van der Waals surface area contributed by atoms with Crippen molar-refractivity contribution >= 4 is 39.1 Å². The zero-order valence-electron chi connectivity index (χ0n) is 14.4. The Kier molecular flexibility index (Phi) is 4.42. The fourth-order valence-electron chi connectivity index (χ4n) is 2.72. The van der Waals surface area contributed by atoms with Crippen LogP contribution in [0.1, 0.15) is 37.1 Å². The maximum Gasteiger partial charge on any atom is 0.433 e. The van der Waals surface area contributed by atoms with Gasteiger partial charge in [0.05, 0.1) is 11.4 Å². The molecule has 3 rings (SSSR count). The first-order valence-corrected chi connectivity index (χ1v) is 8.43. The van der Waals surface area contributed by atoms with Crippen LogP contribution < -0.4 is 11.1 Å². The number of aryl methyl sites for hydroxylation is 3. The summed E-state index contributed by atoms with van der Waals surface area (Å²) in [6.07, 6.45) is -4.63. The lowest BCUT2D eigenvalue weighted by Gasteiger charge is -2.09. The van der Waals surface area contributed by atoms with Gasteiger partial charge in [-0.3, -0.25) is 14.3 Å². The summed E-state index contributed by atoms with van der Waals surface area (Å²) in [5.74, 6) is -1.44. The normalized spacial score (nSPS) is 11.8. The minimum Gasteiger partial charge on any atom is -0.365 e. The van der Waals surface area contributed by atoms with Crippen molar-refractivity contribution in [3.8, 4) is 0 Å². The summed E-state index contributed by atoms with van der Waals surface area (Å²) in [7, 11) is 1.57. The third-order valence-corrected chi connectivity index (χ3v) is 4.94. The highest BCUT2D eigenvalue weighted by Gasteiger charge is 2.34. The molecule has 0 atom stereocenters. The van der Waals surface area contributed by atoms with E-state index in [0.29, 0.717) is 17.0 Å². The third kappa shape index (κ3) is 3.37. The lowest BCUT2D eigenvalue weighted by Crippen LogP contribution is -2.19. The minimum absolute atomic E-state index is 0.0346. The van der Waals surface area contributed by atoms with Gasteiger partial charge in [0, 0.05) is 12.4 Å². The zero-order chi connectivity index (χ0) is 20.1. The molecule has 7 nitrogen and oxygen atoms in total. The number of pyridine rings is 1. The fourth-order valence-corrected chi connectivity index (χ4v) is 3.78. The number of nitrogens with one attached hydrogen (secondary N) is 1. The molecule has 0 spiro atoms. The molecule has 11 heteroatoms. The molecule has 0 fully saturated rings. The quantitative estimate of drug-likeness (QED) is 0.709. The molecule has 3 aromatic rings. The number of thiophene rings is 1. The van der Waals surface area contributed by atoms with Crippen LogP contribution in [0.25, 0.3) is 10.2 Å². The molecule has 2 amide bonds. The molecule has 0 aromatic carbocycles. The lowest BCUT2D eigenvalue weighted by molar-refractivity contribution is -0.141. The van der Waals surface area contributed by atoms with Gasteiger partial charge in [-0.15, -0.1) is 11.3 Å². The molecule has 0 aliphatic rings. The first-order chi connectivity index (χ1) is 12.5. The first kappa shape index (κ1) is 18.8. The van der Waals surface area contributed by atoms with E-state index >= 15 is 0 Å². The van der Waals surface area contributed by atoms with Crippen molar-refractivity contribution in [1.29, 1.82) is 0 Å². The number of carbonyl (C=O) groups excluding carboxylic acids is 2. The van der Waals surface area contributed by atoms with E-state index in [9.17, 15) is 22.8 Å². The van der Waals surface area contributed by atoms with Gasteiger partial charge >= 0.3 is 6.18 Å². The first-order valence-electron chi connectivity index (χ1n) is 7.62. The van der Waals surface area contributed by atoms with Crippen LogP contribution in [-0.4, -0.2) is 26.6 Å². The highest BCUT2D eigenvalue weighted by Crippen LogP contribution is 2.39. The van der Waals surface area contributed by atoms with E-state index < -0.39 is 23.7 Å². The number of nitrogens with zero attached hydrogens (tertiary/aromatic N) is 3. The number of hydrogen-bond donors (Lipinski definition) is 2. The molecule has 142 valence electrons. The van der Waals surface area contributed by atoms with Gasteiger partial charge in [-0.25, -0.2) is 4.98 Å². The van der Waals surface area contributed by atoms with Crippen LogP contribution in [-0.2, 0) is 13.2 Å². The summed E-state index contributed by atoms with van der Waals surface area (Å²) in [6, 6.07) is 2.41. The number of fused-ring (bicyclic) bond motifs is 1. The van der Waals surface area contributed by atoms with E-state index in [1.807, 2.05) is 0 Å². The molecule has 0 bridgehead atoms. The Balaban J connectivity index is 2.16. The Hall–Kier alpha value is -2.95. The summed E-state index contributed by atoms with van der Waals surface area (Å²) in [4.78, 5) is 27.8. The van der Waals surface area contributed by atoms with Gasteiger partial charge in [0.25, 0.3) is 11.8 Å². The van der Waals surface area contributed by atoms with Crippen LogP contribution in [0.2, 0.25) is 0 Å². The molecule has 0 unspecified atom stereocenters. The van der Waals surface area contributed by atoms with Crippen molar-refractivity contribution in [2.75, 3.05) is 5.32 Å². The lowest BCUT2D eigenvalue weighted by atomic mass is 10.1. The van der Waals surface area contributed by atoms with Crippen molar-refractivity contribution in [3.63, 3.8) is 0 Å². The van der Waals surface area contributed by atoms with Crippen molar-refractivity contribution in [2.45, 2.75) is 20.0 Å². The monoisotopic (exact) mass is 397 g/mol. The van der Waals surface area contributed by atoms with E-state index in [4.69, 9.17) is 5.73 Å². The molecule has 27 heavy (non-hydrogen) atoms. The maximum absolute atomic E-state index is 13.0. The third-order valence-electron chi connectivity index (χ3n) is 3.85. The zero-order valence-corrected chi connectivity index (χ0v) is 15.2. The fraction of sp³-hybridized carbons (Fsp3) is 0.250. The van der Waals surface area contributed by atoms with Gasteiger partial charge in [-0.2, -0.15) is 18.3 Å². The number of rotatable bonds is 3. The Morgan fingerprint density at radius 3 is 2.44 bits per heavy atom. The Bertz CT molecular complexity index is 1080. The summed E-state index contributed by atoms with van der Waals surface area (Å²) < 4.78 is 40.4. The largest absolute Gasteiger partial charge is 0.433 e. The van der Waals surface area contributed by atoms with E-state index in [1.165, 1.54) is 11.6 Å². The average Bonchev–Trinajstić information content (AvgIpc) is 3.06. The van der Waals surface area contributed by atoms with Gasteiger partial charge in [-0.1, -0.05) is 0 Å². The van der Waals surface area contributed by atoms with Crippen molar-refractivity contribution in [2.24, 2.45) is 12.8 Å². The minimum atomic E-state index is -4.63. The number of anilines is 1. The van der Waals surface area contributed by atoms with E-state index in [0.717, 1.165) is 6.07 Å². The van der Waals surface area contributed by atoms with Gasteiger partial charge in [0.2, 0.25) is 0 Å². The van der Waals surface area contributed by atoms with Gasteiger partial charge in [-0.05, 0) is 31.5 Å². The van der Waals surface area contributed by atoms with Crippen molar-refractivity contribution < 1.29 is 22.8 Å². The number of carbonyl (C=O) groups is 2. The SMILES string of the molecule is Cc1cc(C(=O)Nc2c(C(N)=O)sc3nc(C(F)(F)F)cc(C)c23)n(C)n1. The average molecular weight is 397 g/mol. The predicted octanol–water partition coefficient (Wildman–Crippen LogP) is 3.02. The van der Waals surface area contributed by atoms with Crippen LogP contribution in [0.3, 0.4) is 0 Å². The van der Waals surface area contributed by atoms with Crippen molar-refractivity contribution in [1.82, 2.24) is 14.8 Å². The Morgan fingerprint density at radius 1 is 1.26 bits per heavy atom. The molecule has 0 saturated carbocycles. The smallest absolute Gasteiger partial charge is 0.365 e. The van der Waals surface area contributed by atoms with Crippen LogP contribution in [0, 0.1) is 13.8 Å². The number of halogens is 3. The van der Waals surface area contributed by atoms with E-state index in [-0.39, 0.29) is 32.0 Å². The summed E-state index contributed by atoms with van der Waals surface area (Å²) in [6.45, 7) is 3.15. The topological polar surface area (TPSA) is 103 Å². The molecule has 3 N–H and O–H groups in total. The number of aromatic nitrogens is 3. The van der Waals surface area contributed by atoms with Crippen LogP contribution in [0.5, 0.6) is 0 Å². The Morgan fingerprint density at radius 2 is 1.93 bits per heavy atom. The standard InChI is InChI=1S/C16H14F3N5O2S/c1-6-4-9(16(17,18)19)21-15-10(6)11(12(27-15)13(20)25)22-14(26)8-5-7(2)23-24(8)3/h4-5H,1-3H3,(H2,20,25)(H,22,26). The molecule has 0 radical (unpaired) electrons. The highest BCUT2D eigenvalue weighted by atomic mass is 32.1. The summed E-state index contributed by atoms with van der Waals surface area (Å²) >= 11 is 0.700. The van der Waals surface area contributed by atoms with E-state index in [2.05, 4.69) is 15.4 Å². The number of primary amides is 1. The van der Waals surface area contributed by atoms with E-state index in [1.54, 1.807) is 20.0 Å². The highest BCUT2D eigenvalue weighted by molar-refractivity contribution is 7.21. The molecule has 3 heterocycles. The van der Waals surface area contributed by atoms with Gasteiger partial charge < -0.3 is 11.1 Å². The summed E-state index contributed by atoms with van der Waals surface area (Å²) in [5, 5.41) is 6.88. The molecule has 0 aliphatic heterocycles. The van der Waals surface area contributed by atoms with Gasteiger partial charge in [0.1, 0.15) is 21.1 Å². The second-order valence-corrected chi connectivity index (χ2v) is 6.92. The molecular weight excluding hydrogens is 383 g/mol. The van der Waals surface area contributed by atoms with Crippen LogP contribution >= 0.6 is 11.3 Å². The number of hydrogen-bond acceptors (Lipinski definition) is 5. The molecule has 0 aliphatic carbocycles. The Labute approximate surface area is 155 Å².